The number of nitrogens with one attached hydrogen (secondary N) is 2. The van der Waals surface area contributed by atoms with E-state index in [4.69, 9.17) is 9.26 Å². The molecule has 0 radical (unpaired) electrons. The van der Waals surface area contributed by atoms with Gasteiger partial charge < -0.3 is 19.6 Å². The van der Waals surface area contributed by atoms with Gasteiger partial charge in [0.2, 0.25) is 0 Å². The van der Waals surface area contributed by atoms with Crippen molar-refractivity contribution in [2.45, 2.75) is 26.9 Å². The Morgan fingerprint density at radius 2 is 2.04 bits per heavy atom. The van der Waals surface area contributed by atoms with Gasteiger partial charge in [-0.1, -0.05) is 23.4 Å². The molecule has 3 rings (SSSR count). The number of hydrogen-bond donors (Lipinski definition) is 2. The lowest BCUT2D eigenvalue weighted by Gasteiger charge is -2.12. The van der Waals surface area contributed by atoms with E-state index in [2.05, 4.69) is 15.5 Å². The van der Waals surface area contributed by atoms with Crippen LogP contribution >= 0.6 is 0 Å². The van der Waals surface area contributed by atoms with Crippen molar-refractivity contribution in [1.82, 2.24) is 10.1 Å². The molecule has 0 saturated heterocycles. The lowest BCUT2D eigenvalue weighted by Crippen LogP contribution is -2.30. The van der Waals surface area contributed by atoms with Crippen LogP contribution in [0.5, 0.6) is 0 Å². The van der Waals surface area contributed by atoms with E-state index in [9.17, 15) is 9.59 Å². The van der Waals surface area contributed by atoms with Crippen molar-refractivity contribution in [3.8, 4) is 0 Å². The summed E-state index contributed by atoms with van der Waals surface area (Å²) in [6.07, 6.45) is -0.970. The van der Waals surface area contributed by atoms with Crippen molar-refractivity contribution in [3.63, 3.8) is 0 Å². The topological polar surface area (TPSA) is 97.2 Å². The number of ether oxygens (including phenoxy) is 1. The van der Waals surface area contributed by atoms with Crippen LogP contribution in [0.2, 0.25) is 0 Å². The Morgan fingerprint density at radius 1 is 1.29 bits per heavy atom. The van der Waals surface area contributed by atoms with Gasteiger partial charge in [-0.05, 0) is 26.8 Å². The number of benzene rings is 1. The number of carbonyl (C=O) groups is 2. The van der Waals surface area contributed by atoms with Crippen molar-refractivity contribution >= 4 is 28.6 Å². The Hall–Kier alpha value is -3.09. The number of aryl methyl sites for hydroxylation is 2. The third-order valence-electron chi connectivity index (χ3n) is 3.63. The van der Waals surface area contributed by atoms with E-state index in [0.717, 1.165) is 10.9 Å². The summed E-state index contributed by atoms with van der Waals surface area (Å²) < 4.78 is 10.2. The number of hydrogen-bond acceptors (Lipinski definition) is 5. The third kappa shape index (κ3) is 3.01. The number of amides is 1. The summed E-state index contributed by atoms with van der Waals surface area (Å²) in [6.45, 7) is 5.01. The Kier molecular flexibility index (Phi) is 4.07. The maximum Gasteiger partial charge on any atom is 0.341 e. The molecule has 1 amide bonds. The lowest BCUT2D eigenvalue weighted by atomic mass is 10.1. The maximum absolute atomic E-state index is 12.5. The van der Waals surface area contributed by atoms with Crippen LogP contribution < -0.4 is 5.32 Å². The van der Waals surface area contributed by atoms with Crippen molar-refractivity contribution in [1.29, 1.82) is 0 Å². The molecule has 2 aromatic heterocycles. The van der Waals surface area contributed by atoms with E-state index < -0.39 is 18.0 Å². The third-order valence-corrected chi connectivity index (χ3v) is 3.63. The quantitative estimate of drug-likeness (QED) is 0.718. The fraction of sp³-hybridized carbons (Fsp3) is 0.235. The van der Waals surface area contributed by atoms with Crippen LogP contribution in [0.25, 0.3) is 10.9 Å². The van der Waals surface area contributed by atoms with E-state index in [1.807, 2.05) is 24.3 Å². The highest BCUT2D eigenvalue weighted by atomic mass is 16.5. The number of aromatic nitrogens is 2. The number of aromatic amines is 1. The standard InChI is InChI=1S/C17H17N3O4/c1-9-8-14(20-24-9)19-16(21)11(3)23-17(22)15-10(2)18-13-7-5-4-6-12(13)15/h4-8,11,18H,1-3H3,(H,19,20,21)/t11-/m0/s1. The first-order valence-electron chi connectivity index (χ1n) is 7.48. The Bertz CT molecular complexity index is 910. The first kappa shape index (κ1) is 15.8. The van der Waals surface area contributed by atoms with Crippen LogP contribution in [-0.4, -0.2) is 28.1 Å². The van der Waals surface area contributed by atoms with Crippen LogP contribution in [0.15, 0.2) is 34.9 Å². The molecule has 2 heterocycles. The molecule has 0 saturated carbocycles. The minimum absolute atomic E-state index is 0.281. The minimum Gasteiger partial charge on any atom is -0.449 e. The van der Waals surface area contributed by atoms with E-state index in [0.29, 0.717) is 17.0 Å². The summed E-state index contributed by atoms with van der Waals surface area (Å²) in [4.78, 5) is 27.7. The summed E-state index contributed by atoms with van der Waals surface area (Å²) >= 11 is 0. The van der Waals surface area contributed by atoms with Crippen LogP contribution in [0.3, 0.4) is 0 Å². The normalized spacial score (nSPS) is 12.1. The fourth-order valence-corrected chi connectivity index (χ4v) is 2.47. The van der Waals surface area contributed by atoms with Gasteiger partial charge in [0.25, 0.3) is 5.91 Å². The monoisotopic (exact) mass is 327 g/mol. The average molecular weight is 327 g/mol. The number of esters is 1. The summed E-state index contributed by atoms with van der Waals surface area (Å²) in [5.74, 6) is -0.175. The molecule has 7 nitrogen and oxygen atoms in total. The average Bonchev–Trinajstić information content (AvgIpc) is 3.09. The molecule has 7 heteroatoms. The highest BCUT2D eigenvalue weighted by Crippen LogP contribution is 2.23. The molecule has 2 N–H and O–H groups in total. The number of carbonyl (C=O) groups excluding carboxylic acids is 2. The number of fused-ring (bicyclic) bond motifs is 1. The molecule has 124 valence electrons. The van der Waals surface area contributed by atoms with Crippen molar-refractivity contribution in [3.05, 3.63) is 47.3 Å². The summed E-state index contributed by atoms with van der Waals surface area (Å²) in [5.41, 5.74) is 1.97. The van der Waals surface area contributed by atoms with E-state index in [1.54, 1.807) is 19.9 Å². The van der Waals surface area contributed by atoms with E-state index >= 15 is 0 Å². The van der Waals surface area contributed by atoms with Crippen LogP contribution in [0, 0.1) is 13.8 Å². The zero-order valence-electron chi connectivity index (χ0n) is 13.5. The molecular weight excluding hydrogens is 310 g/mol. The summed E-state index contributed by atoms with van der Waals surface area (Å²) in [5, 5.41) is 6.97. The first-order valence-corrected chi connectivity index (χ1v) is 7.48. The summed E-state index contributed by atoms with van der Waals surface area (Å²) in [7, 11) is 0. The SMILES string of the molecule is Cc1cc(NC(=O)[C@H](C)OC(=O)c2c(C)[nH]c3ccccc23)no1. The zero-order valence-corrected chi connectivity index (χ0v) is 13.5. The number of anilines is 1. The molecule has 24 heavy (non-hydrogen) atoms. The van der Waals surface area contributed by atoms with Gasteiger partial charge in [-0.2, -0.15) is 0 Å². The molecule has 3 aromatic rings. The first-order chi connectivity index (χ1) is 11.5. The zero-order chi connectivity index (χ0) is 17.3. The predicted molar refractivity (Wildman–Crippen MR) is 87.8 cm³/mol. The highest BCUT2D eigenvalue weighted by Gasteiger charge is 2.23. The number of rotatable bonds is 4. The van der Waals surface area contributed by atoms with Gasteiger partial charge in [0.05, 0.1) is 5.56 Å². The minimum atomic E-state index is -0.970. The van der Waals surface area contributed by atoms with E-state index in [1.165, 1.54) is 6.92 Å². The van der Waals surface area contributed by atoms with Gasteiger partial charge >= 0.3 is 5.97 Å². The second-order valence-corrected chi connectivity index (χ2v) is 5.53. The van der Waals surface area contributed by atoms with Crippen molar-refractivity contribution in [2.24, 2.45) is 0 Å². The molecular formula is C17H17N3O4. The van der Waals surface area contributed by atoms with Gasteiger partial charge in [0, 0.05) is 22.7 Å². The van der Waals surface area contributed by atoms with Gasteiger partial charge in [0.1, 0.15) is 5.76 Å². The Balaban J connectivity index is 1.73. The molecule has 0 spiro atoms. The van der Waals surface area contributed by atoms with Gasteiger partial charge in [-0.3, -0.25) is 4.79 Å². The smallest absolute Gasteiger partial charge is 0.341 e. The molecule has 1 aromatic carbocycles. The summed E-state index contributed by atoms with van der Waals surface area (Å²) in [6, 6.07) is 9.01. The molecule has 1 atom stereocenters. The number of para-hydroxylation sites is 1. The van der Waals surface area contributed by atoms with Crippen LogP contribution in [0.1, 0.15) is 28.7 Å². The van der Waals surface area contributed by atoms with Gasteiger partial charge in [-0.25, -0.2) is 4.79 Å². The molecule has 0 aliphatic heterocycles. The number of nitrogens with zero attached hydrogens (tertiary/aromatic N) is 1. The second kappa shape index (κ2) is 6.19. The maximum atomic E-state index is 12.5. The fourth-order valence-electron chi connectivity index (χ4n) is 2.47. The molecule has 0 unspecified atom stereocenters. The largest absolute Gasteiger partial charge is 0.449 e. The molecule has 0 aliphatic carbocycles. The second-order valence-electron chi connectivity index (χ2n) is 5.53. The number of H-pyrrole nitrogens is 1. The molecule has 0 fully saturated rings. The molecule has 0 aliphatic rings. The van der Waals surface area contributed by atoms with Gasteiger partial charge in [-0.15, -0.1) is 0 Å². The van der Waals surface area contributed by atoms with Crippen LogP contribution in [-0.2, 0) is 9.53 Å². The van der Waals surface area contributed by atoms with Crippen LogP contribution in [0.4, 0.5) is 5.82 Å². The molecule has 0 bridgehead atoms. The highest BCUT2D eigenvalue weighted by molar-refractivity contribution is 6.06. The lowest BCUT2D eigenvalue weighted by molar-refractivity contribution is -0.123. The van der Waals surface area contributed by atoms with Gasteiger partial charge in [0.15, 0.2) is 11.9 Å². The Morgan fingerprint density at radius 3 is 2.75 bits per heavy atom. The Labute approximate surface area is 138 Å². The van der Waals surface area contributed by atoms with Crippen molar-refractivity contribution < 1.29 is 18.8 Å². The van der Waals surface area contributed by atoms with E-state index in [-0.39, 0.29) is 5.82 Å². The predicted octanol–water partition coefficient (Wildman–Crippen LogP) is 2.96. The van der Waals surface area contributed by atoms with Crippen molar-refractivity contribution in [2.75, 3.05) is 5.32 Å².